The smallest absolute Gasteiger partial charge is 0.157 e. The zero-order chi connectivity index (χ0) is 13.4. The standard InChI is InChI=1S/C15H14INO2/c16-11-3-1-2-10(6-11)15-12-8-14(19)13(18)7-9(12)4-5-17-15/h1-3,6-8,15,17-19H,4-5H2. The lowest BCUT2D eigenvalue weighted by Crippen LogP contribution is -2.30. The Hall–Kier alpha value is -1.27. The zero-order valence-corrected chi connectivity index (χ0v) is 12.4. The Bertz CT molecular complexity index is 628. The second kappa shape index (κ2) is 5.02. The van der Waals surface area contributed by atoms with Crippen LogP contribution in [0, 0.1) is 3.57 Å². The Labute approximate surface area is 125 Å². The molecule has 1 atom stereocenters. The minimum Gasteiger partial charge on any atom is -0.504 e. The van der Waals surface area contributed by atoms with Gasteiger partial charge in [-0.25, -0.2) is 0 Å². The lowest BCUT2D eigenvalue weighted by molar-refractivity contribution is 0.400. The van der Waals surface area contributed by atoms with E-state index in [1.807, 2.05) is 6.07 Å². The molecule has 3 N–H and O–H groups in total. The summed E-state index contributed by atoms with van der Waals surface area (Å²) in [5.74, 6) is -0.0971. The van der Waals surface area contributed by atoms with Crippen molar-refractivity contribution in [2.24, 2.45) is 0 Å². The van der Waals surface area contributed by atoms with Crippen molar-refractivity contribution in [3.63, 3.8) is 0 Å². The fourth-order valence-corrected chi connectivity index (χ4v) is 3.13. The number of phenolic OH excluding ortho intramolecular Hbond substituents is 2. The van der Waals surface area contributed by atoms with E-state index in [1.165, 1.54) is 9.13 Å². The molecule has 1 unspecified atom stereocenters. The lowest BCUT2D eigenvalue weighted by atomic mass is 9.89. The molecule has 0 saturated heterocycles. The van der Waals surface area contributed by atoms with E-state index < -0.39 is 0 Å². The van der Waals surface area contributed by atoms with Crippen molar-refractivity contribution in [3.05, 3.63) is 56.7 Å². The van der Waals surface area contributed by atoms with Crippen LogP contribution >= 0.6 is 22.6 Å². The van der Waals surface area contributed by atoms with E-state index in [-0.39, 0.29) is 17.5 Å². The molecule has 98 valence electrons. The molecule has 0 aliphatic carbocycles. The molecule has 0 radical (unpaired) electrons. The lowest BCUT2D eigenvalue weighted by Gasteiger charge is -2.28. The molecule has 0 bridgehead atoms. The van der Waals surface area contributed by atoms with Crippen LogP contribution in [0.15, 0.2) is 36.4 Å². The van der Waals surface area contributed by atoms with Gasteiger partial charge in [-0.05, 0) is 70.0 Å². The van der Waals surface area contributed by atoms with E-state index in [2.05, 4.69) is 46.1 Å². The molecule has 2 aromatic rings. The third-order valence-electron chi connectivity index (χ3n) is 3.47. The maximum atomic E-state index is 9.72. The summed E-state index contributed by atoms with van der Waals surface area (Å²) >= 11 is 2.30. The SMILES string of the molecule is Oc1cc2c(cc1O)C(c1cccc(I)c1)NCC2. The van der Waals surface area contributed by atoms with Gasteiger partial charge in [-0.15, -0.1) is 0 Å². The van der Waals surface area contributed by atoms with E-state index in [4.69, 9.17) is 0 Å². The molecule has 0 saturated carbocycles. The molecule has 3 rings (SSSR count). The number of hydrogen-bond donors (Lipinski definition) is 3. The largest absolute Gasteiger partial charge is 0.504 e. The van der Waals surface area contributed by atoms with Gasteiger partial charge < -0.3 is 15.5 Å². The number of halogens is 1. The molecular weight excluding hydrogens is 353 g/mol. The van der Waals surface area contributed by atoms with E-state index in [0.717, 1.165) is 24.1 Å². The summed E-state index contributed by atoms with van der Waals surface area (Å²) in [7, 11) is 0. The molecule has 4 heteroatoms. The van der Waals surface area contributed by atoms with E-state index in [9.17, 15) is 10.2 Å². The monoisotopic (exact) mass is 367 g/mol. The highest BCUT2D eigenvalue weighted by atomic mass is 127. The molecule has 2 aromatic carbocycles. The third-order valence-corrected chi connectivity index (χ3v) is 4.14. The van der Waals surface area contributed by atoms with Crippen molar-refractivity contribution in [3.8, 4) is 11.5 Å². The van der Waals surface area contributed by atoms with Gasteiger partial charge in [0.25, 0.3) is 0 Å². The van der Waals surface area contributed by atoms with Gasteiger partial charge in [-0.2, -0.15) is 0 Å². The molecule has 1 heterocycles. The van der Waals surface area contributed by atoms with Gasteiger partial charge in [0.05, 0.1) is 6.04 Å². The van der Waals surface area contributed by atoms with E-state index in [1.54, 1.807) is 12.1 Å². The van der Waals surface area contributed by atoms with Crippen LogP contribution in [0.4, 0.5) is 0 Å². The first-order chi connectivity index (χ1) is 9.15. The molecule has 19 heavy (non-hydrogen) atoms. The highest BCUT2D eigenvalue weighted by Gasteiger charge is 2.23. The normalized spacial score (nSPS) is 18.1. The summed E-state index contributed by atoms with van der Waals surface area (Å²) in [6, 6.07) is 11.7. The minimum atomic E-state index is -0.0573. The number of nitrogens with one attached hydrogen (secondary N) is 1. The summed E-state index contributed by atoms with van der Waals surface area (Å²) in [6.45, 7) is 0.868. The Morgan fingerprint density at radius 3 is 2.68 bits per heavy atom. The molecule has 1 aliphatic rings. The fraction of sp³-hybridized carbons (Fsp3) is 0.200. The van der Waals surface area contributed by atoms with Crippen LogP contribution in [0.5, 0.6) is 11.5 Å². The predicted octanol–water partition coefficient (Wildman–Crippen LogP) is 2.94. The summed E-state index contributed by atoms with van der Waals surface area (Å²) in [5.41, 5.74) is 3.32. The minimum absolute atomic E-state index is 0.0398. The van der Waals surface area contributed by atoms with Crippen molar-refractivity contribution >= 4 is 22.6 Å². The zero-order valence-electron chi connectivity index (χ0n) is 10.2. The number of fused-ring (bicyclic) bond motifs is 1. The first-order valence-corrected chi connectivity index (χ1v) is 7.26. The molecule has 0 aromatic heterocycles. The van der Waals surface area contributed by atoms with E-state index in [0.29, 0.717) is 0 Å². The summed E-state index contributed by atoms with van der Waals surface area (Å²) in [6.07, 6.45) is 0.865. The Kier molecular flexibility index (Phi) is 3.36. The average Bonchev–Trinajstić information content (AvgIpc) is 2.39. The molecule has 0 spiro atoms. The van der Waals surface area contributed by atoms with Gasteiger partial charge in [0.15, 0.2) is 11.5 Å². The highest BCUT2D eigenvalue weighted by Crippen LogP contribution is 2.36. The van der Waals surface area contributed by atoms with E-state index >= 15 is 0 Å². The average molecular weight is 367 g/mol. The second-order valence-electron chi connectivity index (χ2n) is 4.73. The molecule has 0 amide bonds. The van der Waals surface area contributed by atoms with Crippen molar-refractivity contribution in [2.45, 2.75) is 12.5 Å². The number of benzene rings is 2. The van der Waals surface area contributed by atoms with Crippen molar-refractivity contribution in [2.75, 3.05) is 6.54 Å². The molecule has 3 nitrogen and oxygen atoms in total. The van der Waals surface area contributed by atoms with Crippen LogP contribution in [0.2, 0.25) is 0 Å². The van der Waals surface area contributed by atoms with Gasteiger partial charge in [-0.3, -0.25) is 0 Å². The first kappa shape index (κ1) is 12.7. The topological polar surface area (TPSA) is 52.5 Å². The molecular formula is C15H14INO2. The summed E-state index contributed by atoms with van der Waals surface area (Å²) in [4.78, 5) is 0. The van der Waals surface area contributed by atoms with Crippen molar-refractivity contribution < 1.29 is 10.2 Å². The Morgan fingerprint density at radius 1 is 1.11 bits per heavy atom. The maximum Gasteiger partial charge on any atom is 0.157 e. The quantitative estimate of drug-likeness (QED) is 0.537. The predicted molar refractivity (Wildman–Crippen MR) is 82.5 cm³/mol. The number of phenols is 2. The van der Waals surface area contributed by atoms with Crippen molar-refractivity contribution in [1.29, 1.82) is 0 Å². The van der Waals surface area contributed by atoms with Crippen molar-refractivity contribution in [1.82, 2.24) is 5.32 Å². The van der Waals surface area contributed by atoms with Crippen LogP contribution < -0.4 is 5.32 Å². The number of rotatable bonds is 1. The van der Waals surface area contributed by atoms with Gasteiger partial charge in [0, 0.05) is 10.1 Å². The molecule has 1 aliphatic heterocycles. The first-order valence-electron chi connectivity index (χ1n) is 6.19. The highest BCUT2D eigenvalue weighted by molar-refractivity contribution is 14.1. The van der Waals surface area contributed by atoms with Gasteiger partial charge >= 0.3 is 0 Å². The Morgan fingerprint density at radius 2 is 1.89 bits per heavy atom. The summed E-state index contributed by atoms with van der Waals surface area (Å²) in [5, 5.41) is 22.8. The number of hydrogen-bond acceptors (Lipinski definition) is 3. The molecule has 0 fully saturated rings. The number of aromatic hydroxyl groups is 2. The Balaban J connectivity index is 2.10. The van der Waals surface area contributed by atoms with Gasteiger partial charge in [-0.1, -0.05) is 12.1 Å². The third kappa shape index (κ3) is 2.42. The maximum absolute atomic E-state index is 9.72. The second-order valence-corrected chi connectivity index (χ2v) is 5.98. The summed E-state index contributed by atoms with van der Waals surface area (Å²) < 4.78 is 1.19. The van der Waals surface area contributed by atoms with Gasteiger partial charge in [0.1, 0.15) is 0 Å². The van der Waals surface area contributed by atoms with Crippen LogP contribution in [0.3, 0.4) is 0 Å². The van der Waals surface area contributed by atoms with Crippen LogP contribution in [0.1, 0.15) is 22.7 Å². The fourth-order valence-electron chi connectivity index (χ4n) is 2.57. The van der Waals surface area contributed by atoms with Crippen LogP contribution in [-0.4, -0.2) is 16.8 Å². The van der Waals surface area contributed by atoms with Gasteiger partial charge in [0.2, 0.25) is 0 Å². The van der Waals surface area contributed by atoms with Crippen LogP contribution in [0.25, 0.3) is 0 Å². The van der Waals surface area contributed by atoms with Crippen LogP contribution in [-0.2, 0) is 6.42 Å².